The van der Waals surface area contributed by atoms with Crippen LogP contribution in [0.15, 0.2) is 24.3 Å². The van der Waals surface area contributed by atoms with Crippen LogP contribution in [0.4, 0.5) is 0 Å². The Hall–Kier alpha value is -1.86. The van der Waals surface area contributed by atoms with Gasteiger partial charge in [-0.3, -0.25) is 4.79 Å². The molecule has 0 bridgehead atoms. The van der Waals surface area contributed by atoms with Crippen molar-refractivity contribution in [2.24, 2.45) is 5.73 Å². The molecule has 1 unspecified atom stereocenters. The molecule has 0 saturated heterocycles. The summed E-state index contributed by atoms with van der Waals surface area (Å²) in [5.74, 6) is -1.01. The van der Waals surface area contributed by atoms with Crippen LogP contribution in [0.3, 0.4) is 0 Å². The number of nitrogens with two attached hydrogens (primary N) is 1. The molecule has 3 N–H and O–H groups in total. The quantitative estimate of drug-likeness (QED) is 0.789. The maximum absolute atomic E-state index is 11.0. The van der Waals surface area contributed by atoms with E-state index < -0.39 is 17.4 Å². The summed E-state index contributed by atoms with van der Waals surface area (Å²) in [5, 5.41) is 18.0. The predicted octanol–water partition coefficient (Wildman–Crippen LogP) is 1.00. The topological polar surface area (TPSA) is 87.1 Å². The van der Waals surface area contributed by atoms with E-state index in [1.54, 1.807) is 18.2 Å². The Morgan fingerprint density at radius 3 is 2.62 bits per heavy atom. The maximum atomic E-state index is 11.0. The molecule has 0 radical (unpaired) electrons. The van der Waals surface area contributed by atoms with E-state index in [0.717, 1.165) is 18.4 Å². The van der Waals surface area contributed by atoms with Crippen molar-refractivity contribution in [3.8, 4) is 6.07 Å². The summed E-state index contributed by atoms with van der Waals surface area (Å²) >= 11 is 0. The molecule has 1 aromatic rings. The van der Waals surface area contributed by atoms with Gasteiger partial charge in [-0.1, -0.05) is 18.2 Å². The van der Waals surface area contributed by atoms with Gasteiger partial charge in [0.1, 0.15) is 6.04 Å². The first-order chi connectivity index (χ1) is 7.62. The highest BCUT2D eigenvalue weighted by molar-refractivity contribution is 5.77. The third kappa shape index (κ3) is 1.46. The van der Waals surface area contributed by atoms with E-state index in [1.165, 1.54) is 0 Å². The monoisotopic (exact) mass is 216 g/mol. The van der Waals surface area contributed by atoms with Gasteiger partial charge in [0.15, 0.2) is 0 Å². The molecule has 1 aliphatic rings. The Balaban J connectivity index is 2.45. The Bertz CT molecular complexity index is 472. The fraction of sp³-hybridized carbons (Fsp3) is 0.333. The highest BCUT2D eigenvalue weighted by Gasteiger charge is 2.53. The molecule has 1 aliphatic carbocycles. The summed E-state index contributed by atoms with van der Waals surface area (Å²) in [5.41, 5.74) is 6.47. The number of benzene rings is 1. The van der Waals surface area contributed by atoms with Crippen LogP contribution in [0, 0.1) is 11.3 Å². The smallest absolute Gasteiger partial charge is 0.321 e. The summed E-state index contributed by atoms with van der Waals surface area (Å²) in [6, 6.07) is 8.24. The Morgan fingerprint density at radius 2 is 2.12 bits per heavy atom. The van der Waals surface area contributed by atoms with Gasteiger partial charge in [0.25, 0.3) is 0 Å². The van der Waals surface area contributed by atoms with Crippen LogP contribution in [-0.4, -0.2) is 17.1 Å². The van der Waals surface area contributed by atoms with Crippen LogP contribution in [0.5, 0.6) is 0 Å². The molecule has 0 heterocycles. The Kier molecular flexibility index (Phi) is 2.41. The molecule has 0 aromatic heterocycles. The molecule has 2 rings (SSSR count). The normalized spacial score (nSPS) is 18.5. The zero-order valence-electron chi connectivity index (χ0n) is 8.68. The van der Waals surface area contributed by atoms with Gasteiger partial charge in [0, 0.05) is 5.41 Å². The van der Waals surface area contributed by atoms with Crippen molar-refractivity contribution >= 4 is 5.97 Å². The van der Waals surface area contributed by atoms with E-state index in [2.05, 4.69) is 6.07 Å². The van der Waals surface area contributed by atoms with Crippen LogP contribution in [0.25, 0.3) is 0 Å². The van der Waals surface area contributed by atoms with Crippen molar-refractivity contribution < 1.29 is 9.90 Å². The SMILES string of the molecule is N#Cc1ccccc1C1(C(N)C(=O)O)CC1. The van der Waals surface area contributed by atoms with Gasteiger partial charge in [-0.15, -0.1) is 0 Å². The average Bonchev–Trinajstić information content (AvgIpc) is 3.09. The van der Waals surface area contributed by atoms with E-state index >= 15 is 0 Å². The zero-order chi connectivity index (χ0) is 11.8. The lowest BCUT2D eigenvalue weighted by Crippen LogP contribution is -2.42. The van der Waals surface area contributed by atoms with Gasteiger partial charge in [-0.25, -0.2) is 0 Å². The fourth-order valence-corrected chi connectivity index (χ4v) is 2.13. The molecule has 82 valence electrons. The van der Waals surface area contributed by atoms with Gasteiger partial charge < -0.3 is 10.8 Å². The molecule has 1 fully saturated rings. The number of carboxylic acids is 1. The summed E-state index contributed by atoms with van der Waals surface area (Å²) in [6.45, 7) is 0. The highest BCUT2D eigenvalue weighted by Crippen LogP contribution is 2.51. The minimum Gasteiger partial charge on any atom is -0.480 e. The van der Waals surface area contributed by atoms with Crippen LogP contribution in [0.1, 0.15) is 24.0 Å². The van der Waals surface area contributed by atoms with E-state index in [9.17, 15) is 4.79 Å². The van der Waals surface area contributed by atoms with Crippen molar-refractivity contribution in [2.75, 3.05) is 0 Å². The van der Waals surface area contributed by atoms with Crippen LogP contribution >= 0.6 is 0 Å². The first-order valence-electron chi connectivity index (χ1n) is 5.10. The summed E-state index contributed by atoms with van der Waals surface area (Å²) < 4.78 is 0. The van der Waals surface area contributed by atoms with Crippen LogP contribution in [0.2, 0.25) is 0 Å². The molecule has 4 heteroatoms. The molecule has 1 aromatic carbocycles. The van der Waals surface area contributed by atoms with Crippen molar-refractivity contribution in [3.05, 3.63) is 35.4 Å². The molecular formula is C12H12N2O2. The number of hydrogen-bond acceptors (Lipinski definition) is 3. The van der Waals surface area contributed by atoms with Crippen molar-refractivity contribution in [1.82, 2.24) is 0 Å². The molecule has 1 saturated carbocycles. The van der Waals surface area contributed by atoms with Crippen LogP contribution in [-0.2, 0) is 10.2 Å². The minimum absolute atomic E-state index is 0.525. The standard InChI is InChI=1S/C12H12N2O2/c13-7-8-3-1-2-4-9(8)12(5-6-12)10(14)11(15)16/h1-4,10H,5-6,14H2,(H,15,16). The average molecular weight is 216 g/mol. The van der Waals surface area contributed by atoms with E-state index in [0.29, 0.717) is 5.56 Å². The largest absolute Gasteiger partial charge is 0.480 e. The maximum Gasteiger partial charge on any atom is 0.321 e. The summed E-state index contributed by atoms with van der Waals surface area (Å²) in [4.78, 5) is 11.0. The lowest BCUT2D eigenvalue weighted by molar-refractivity contribution is -0.139. The lowest BCUT2D eigenvalue weighted by Gasteiger charge is -2.21. The number of carboxylic acid groups (broad SMARTS) is 1. The zero-order valence-corrected chi connectivity index (χ0v) is 8.68. The van der Waals surface area contributed by atoms with Gasteiger partial charge in [-0.05, 0) is 24.5 Å². The number of carbonyl (C=O) groups is 1. The number of aliphatic carboxylic acids is 1. The second kappa shape index (κ2) is 3.62. The third-order valence-corrected chi connectivity index (χ3v) is 3.23. The van der Waals surface area contributed by atoms with Crippen molar-refractivity contribution in [1.29, 1.82) is 5.26 Å². The Morgan fingerprint density at radius 1 is 1.50 bits per heavy atom. The predicted molar refractivity (Wildman–Crippen MR) is 57.7 cm³/mol. The highest BCUT2D eigenvalue weighted by atomic mass is 16.4. The van der Waals surface area contributed by atoms with Gasteiger partial charge in [0.05, 0.1) is 11.6 Å². The number of rotatable bonds is 3. The first kappa shape index (κ1) is 10.7. The summed E-state index contributed by atoms with van der Waals surface area (Å²) in [7, 11) is 0. The lowest BCUT2D eigenvalue weighted by atomic mass is 9.85. The van der Waals surface area contributed by atoms with Gasteiger partial charge in [-0.2, -0.15) is 5.26 Å². The van der Waals surface area contributed by atoms with E-state index in [1.807, 2.05) is 6.07 Å². The molecular weight excluding hydrogens is 204 g/mol. The second-order valence-corrected chi connectivity index (χ2v) is 4.13. The summed E-state index contributed by atoms with van der Waals surface area (Å²) in [6.07, 6.45) is 1.47. The molecule has 0 spiro atoms. The van der Waals surface area contributed by atoms with Gasteiger partial charge >= 0.3 is 5.97 Å². The minimum atomic E-state index is -1.01. The molecule has 4 nitrogen and oxygen atoms in total. The van der Waals surface area contributed by atoms with Crippen molar-refractivity contribution in [2.45, 2.75) is 24.3 Å². The fourth-order valence-electron chi connectivity index (χ4n) is 2.13. The number of nitriles is 1. The van der Waals surface area contributed by atoms with E-state index in [4.69, 9.17) is 16.1 Å². The molecule has 0 aliphatic heterocycles. The molecule has 0 amide bonds. The van der Waals surface area contributed by atoms with Crippen molar-refractivity contribution in [3.63, 3.8) is 0 Å². The molecule has 16 heavy (non-hydrogen) atoms. The van der Waals surface area contributed by atoms with Crippen LogP contribution < -0.4 is 5.73 Å². The first-order valence-corrected chi connectivity index (χ1v) is 5.10. The Labute approximate surface area is 93.3 Å². The van der Waals surface area contributed by atoms with Gasteiger partial charge in [0.2, 0.25) is 0 Å². The third-order valence-electron chi connectivity index (χ3n) is 3.23. The second-order valence-electron chi connectivity index (χ2n) is 4.13. The number of hydrogen-bond donors (Lipinski definition) is 2. The van der Waals surface area contributed by atoms with E-state index in [-0.39, 0.29) is 0 Å². The number of nitrogens with zero attached hydrogens (tertiary/aromatic N) is 1. The molecule has 1 atom stereocenters.